The normalized spacial score (nSPS) is 48.5. The summed E-state index contributed by atoms with van der Waals surface area (Å²) < 4.78 is 0. The SMILES string of the molecule is C#C[C@H](O)CC[C@@H](C)[C@H]1CC[C@H]2[C@@H]3CC=C4C[C@@](C)(O)CC[C@]4(C)[C@H]3CC[C@]12C. The molecule has 4 rings (SSSR count). The highest BCUT2D eigenvalue weighted by Gasteiger charge is 2.59. The van der Waals surface area contributed by atoms with E-state index in [0.29, 0.717) is 16.7 Å². The van der Waals surface area contributed by atoms with Crippen LogP contribution in [-0.4, -0.2) is 21.9 Å². The van der Waals surface area contributed by atoms with E-state index < -0.39 is 11.7 Å². The number of fused-ring (bicyclic) bond motifs is 5. The Labute approximate surface area is 178 Å². The van der Waals surface area contributed by atoms with Crippen LogP contribution in [0.15, 0.2) is 11.6 Å². The number of terminal acetylenes is 1. The van der Waals surface area contributed by atoms with Crippen LogP contribution in [0.25, 0.3) is 0 Å². The molecule has 2 nitrogen and oxygen atoms in total. The Balaban J connectivity index is 1.52. The standard InChI is InChI=1S/C27H42O2/c1-6-20(28)9-7-18(2)22-11-12-23-21-10-8-19-17-25(3,29)15-16-26(19,4)24(21)13-14-27(22,23)5/h1,8,18,20-24,28-29H,7,9-17H2,2-5H3/t18-,20+,21+,22-,23+,24+,25+,26+,27-/m1/s1. The zero-order valence-corrected chi connectivity index (χ0v) is 19.1. The summed E-state index contributed by atoms with van der Waals surface area (Å²) in [6, 6.07) is 0. The van der Waals surface area contributed by atoms with Crippen LogP contribution in [0.2, 0.25) is 0 Å². The fourth-order valence-electron chi connectivity index (χ4n) is 8.49. The van der Waals surface area contributed by atoms with Crippen LogP contribution < -0.4 is 0 Å². The third-order valence-corrected chi connectivity index (χ3v) is 10.2. The summed E-state index contributed by atoms with van der Waals surface area (Å²) in [5.74, 6) is 6.34. The molecule has 162 valence electrons. The van der Waals surface area contributed by atoms with Crippen molar-refractivity contribution in [3.63, 3.8) is 0 Å². The van der Waals surface area contributed by atoms with E-state index in [9.17, 15) is 10.2 Å². The Morgan fingerprint density at radius 1 is 1.10 bits per heavy atom. The lowest BCUT2D eigenvalue weighted by atomic mass is 9.46. The molecule has 0 spiro atoms. The van der Waals surface area contributed by atoms with Gasteiger partial charge in [-0.1, -0.05) is 38.3 Å². The fourth-order valence-corrected chi connectivity index (χ4v) is 8.49. The average molecular weight is 399 g/mol. The lowest BCUT2D eigenvalue weighted by molar-refractivity contribution is -0.0707. The molecular weight excluding hydrogens is 356 g/mol. The minimum absolute atomic E-state index is 0.313. The van der Waals surface area contributed by atoms with Gasteiger partial charge in [0.15, 0.2) is 0 Å². The Bertz CT molecular complexity index is 700. The molecule has 3 fully saturated rings. The molecule has 0 radical (unpaired) electrons. The summed E-state index contributed by atoms with van der Waals surface area (Å²) >= 11 is 0. The Hall–Kier alpha value is -0.780. The minimum atomic E-state index is -0.580. The van der Waals surface area contributed by atoms with E-state index in [0.717, 1.165) is 55.8 Å². The molecule has 0 aromatic heterocycles. The van der Waals surface area contributed by atoms with Gasteiger partial charge in [0.25, 0.3) is 0 Å². The molecule has 2 heteroatoms. The van der Waals surface area contributed by atoms with Gasteiger partial charge in [0.2, 0.25) is 0 Å². The highest BCUT2D eigenvalue weighted by atomic mass is 16.3. The lowest BCUT2D eigenvalue weighted by Crippen LogP contribution is -2.52. The molecule has 0 saturated heterocycles. The Kier molecular flexibility index (Phi) is 5.49. The molecular formula is C27H42O2. The summed E-state index contributed by atoms with van der Waals surface area (Å²) in [6.07, 6.45) is 18.8. The first-order valence-electron chi connectivity index (χ1n) is 12.2. The first kappa shape index (κ1) is 21.5. The van der Waals surface area contributed by atoms with Gasteiger partial charge in [-0.3, -0.25) is 0 Å². The molecule has 2 N–H and O–H groups in total. The molecule has 29 heavy (non-hydrogen) atoms. The molecule has 0 bridgehead atoms. The van der Waals surface area contributed by atoms with Crippen LogP contribution in [0.5, 0.6) is 0 Å². The predicted molar refractivity (Wildman–Crippen MR) is 119 cm³/mol. The number of rotatable bonds is 4. The van der Waals surface area contributed by atoms with Crippen molar-refractivity contribution in [2.75, 3.05) is 0 Å². The maximum absolute atomic E-state index is 10.6. The van der Waals surface area contributed by atoms with Gasteiger partial charge in [-0.2, -0.15) is 0 Å². The minimum Gasteiger partial charge on any atom is -0.390 e. The second kappa shape index (κ2) is 7.42. The van der Waals surface area contributed by atoms with Crippen molar-refractivity contribution in [2.24, 2.45) is 40.4 Å². The molecule has 0 aliphatic heterocycles. The highest BCUT2D eigenvalue weighted by molar-refractivity contribution is 5.26. The van der Waals surface area contributed by atoms with Crippen LogP contribution in [0.1, 0.15) is 91.9 Å². The number of allylic oxidation sites excluding steroid dienone is 1. The molecule has 0 unspecified atom stereocenters. The zero-order valence-electron chi connectivity index (χ0n) is 19.1. The van der Waals surface area contributed by atoms with Gasteiger partial charge < -0.3 is 10.2 Å². The van der Waals surface area contributed by atoms with E-state index in [1.54, 1.807) is 5.57 Å². The first-order chi connectivity index (χ1) is 13.6. The van der Waals surface area contributed by atoms with Crippen LogP contribution in [0.4, 0.5) is 0 Å². The van der Waals surface area contributed by atoms with E-state index in [1.807, 2.05) is 6.92 Å². The molecule has 0 aromatic carbocycles. The van der Waals surface area contributed by atoms with Gasteiger partial charge in [0.1, 0.15) is 6.10 Å². The predicted octanol–water partition coefficient (Wildman–Crippen LogP) is 5.73. The molecule has 0 heterocycles. The van der Waals surface area contributed by atoms with E-state index >= 15 is 0 Å². The number of aliphatic hydroxyl groups is 2. The number of hydrogen-bond acceptors (Lipinski definition) is 2. The van der Waals surface area contributed by atoms with E-state index in [-0.39, 0.29) is 0 Å². The van der Waals surface area contributed by atoms with Gasteiger partial charge >= 0.3 is 0 Å². The summed E-state index contributed by atoms with van der Waals surface area (Å²) in [5, 5.41) is 20.5. The monoisotopic (exact) mass is 398 g/mol. The van der Waals surface area contributed by atoms with Gasteiger partial charge in [-0.05, 0) is 112 Å². The van der Waals surface area contributed by atoms with Crippen LogP contribution in [-0.2, 0) is 0 Å². The topological polar surface area (TPSA) is 40.5 Å². The molecule has 4 aliphatic carbocycles. The highest BCUT2D eigenvalue weighted by Crippen LogP contribution is 2.67. The van der Waals surface area contributed by atoms with Crippen molar-refractivity contribution in [1.82, 2.24) is 0 Å². The molecule has 0 aromatic rings. The van der Waals surface area contributed by atoms with Crippen molar-refractivity contribution in [1.29, 1.82) is 0 Å². The zero-order chi connectivity index (χ0) is 21.0. The van der Waals surface area contributed by atoms with Gasteiger partial charge in [-0.15, -0.1) is 6.42 Å². The van der Waals surface area contributed by atoms with Gasteiger partial charge in [0, 0.05) is 0 Å². The Morgan fingerprint density at radius 3 is 2.59 bits per heavy atom. The lowest BCUT2D eigenvalue weighted by Gasteiger charge is -2.59. The second-order valence-corrected chi connectivity index (χ2v) is 11.9. The molecule has 9 atom stereocenters. The quantitative estimate of drug-likeness (QED) is 0.469. The smallest absolute Gasteiger partial charge is 0.114 e. The summed E-state index contributed by atoms with van der Waals surface area (Å²) in [5.41, 5.74) is 1.82. The molecule has 4 aliphatic rings. The third kappa shape index (κ3) is 3.51. The maximum atomic E-state index is 10.6. The van der Waals surface area contributed by atoms with Crippen molar-refractivity contribution in [3.8, 4) is 12.3 Å². The second-order valence-electron chi connectivity index (χ2n) is 11.9. The van der Waals surface area contributed by atoms with Crippen molar-refractivity contribution < 1.29 is 10.2 Å². The van der Waals surface area contributed by atoms with Crippen molar-refractivity contribution in [2.45, 2.75) is 104 Å². The summed E-state index contributed by atoms with van der Waals surface area (Å²) in [4.78, 5) is 0. The summed E-state index contributed by atoms with van der Waals surface area (Å²) in [7, 11) is 0. The molecule has 0 amide bonds. The van der Waals surface area contributed by atoms with Crippen LogP contribution in [0, 0.1) is 52.8 Å². The van der Waals surface area contributed by atoms with Gasteiger partial charge in [0.05, 0.1) is 5.60 Å². The third-order valence-electron chi connectivity index (χ3n) is 10.2. The Morgan fingerprint density at radius 2 is 1.86 bits per heavy atom. The fraction of sp³-hybridized carbons (Fsp3) is 0.852. The van der Waals surface area contributed by atoms with Crippen molar-refractivity contribution in [3.05, 3.63) is 11.6 Å². The largest absolute Gasteiger partial charge is 0.390 e. The average Bonchev–Trinajstić information content (AvgIpc) is 3.03. The number of hydrogen-bond donors (Lipinski definition) is 2. The van der Waals surface area contributed by atoms with E-state index in [4.69, 9.17) is 6.42 Å². The number of aliphatic hydroxyl groups excluding tert-OH is 1. The molecule has 3 saturated carbocycles. The summed E-state index contributed by atoms with van der Waals surface area (Å²) in [6.45, 7) is 9.53. The van der Waals surface area contributed by atoms with Crippen LogP contribution >= 0.6 is 0 Å². The van der Waals surface area contributed by atoms with Crippen molar-refractivity contribution >= 4 is 0 Å². The van der Waals surface area contributed by atoms with E-state index in [2.05, 4.69) is 32.8 Å². The maximum Gasteiger partial charge on any atom is 0.114 e. The first-order valence-corrected chi connectivity index (χ1v) is 12.2. The van der Waals surface area contributed by atoms with E-state index in [1.165, 1.54) is 32.1 Å². The van der Waals surface area contributed by atoms with Crippen LogP contribution in [0.3, 0.4) is 0 Å². The van der Waals surface area contributed by atoms with Gasteiger partial charge in [-0.25, -0.2) is 0 Å².